The molecule has 0 radical (unpaired) electrons. The maximum atomic E-state index is 11.2. The Balaban J connectivity index is 2.06. The Morgan fingerprint density at radius 2 is 2.10 bits per heavy atom. The number of hydrogen-bond donors (Lipinski definition) is 1. The maximum Gasteiger partial charge on any atom is 0.322 e. The highest BCUT2D eigenvalue weighted by molar-refractivity contribution is 7.99. The number of H-pyrrole nitrogens is 1. The molecule has 0 aliphatic carbocycles. The van der Waals surface area contributed by atoms with Crippen molar-refractivity contribution in [3.05, 3.63) is 51.4 Å². The van der Waals surface area contributed by atoms with E-state index in [9.17, 15) is 10.1 Å². The Morgan fingerprint density at radius 3 is 2.81 bits per heavy atom. The van der Waals surface area contributed by atoms with Gasteiger partial charge in [-0.2, -0.15) is 0 Å². The summed E-state index contributed by atoms with van der Waals surface area (Å²) in [7, 11) is 0. The van der Waals surface area contributed by atoms with Crippen molar-refractivity contribution in [2.24, 2.45) is 0 Å². The SMILES string of the molecule is Cc1nc(Cl)nc(Sc2cc3ccccc3[nH]2)c1[N+](=O)[O-]. The molecular weight excluding hydrogens is 312 g/mol. The number of para-hydroxylation sites is 1. The minimum atomic E-state index is -0.489. The van der Waals surface area contributed by atoms with Crippen LogP contribution in [0.1, 0.15) is 5.69 Å². The molecule has 0 saturated carbocycles. The van der Waals surface area contributed by atoms with Crippen molar-refractivity contribution in [3.8, 4) is 0 Å². The Bertz CT molecular complexity index is 816. The topological polar surface area (TPSA) is 84.7 Å². The molecule has 0 unspecified atom stereocenters. The number of halogens is 1. The van der Waals surface area contributed by atoms with Crippen LogP contribution in [0.4, 0.5) is 5.69 Å². The highest BCUT2D eigenvalue weighted by atomic mass is 35.5. The molecule has 0 saturated heterocycles. The van der Waals surface area contributed by atoms with E-state index < -0.39 is 4.92 Å². The molecule has 21 heavy (non-hydrogen) atoms. The Hall–Kier alpha value is -2.12. The molecule has 0 aliphatic rings. The number of aromatic amines is 1. The molecule has 8 heteroatoms. The van der Waals surface area contributed by atoms with Gasteiger partial charge in [-0.15, -0.1) is 0 Å². The molecule has 1 N–H and O–H groups in total. The summed E-state index contributed by atoms with van der Waals surface area (Å²) in [6, 6.07) is 9.66. The Kier molecular flexibility index (Phi) is 3.52. The lowest BCUT2D eigenvalue weighted by molar-refractivity contribution is -0.389. The molecular formula is C13H9ClN4O2S. The number of nitro groups is 1. The van der Waals surface area contributed by atoms with Crippen molar-refractivity contribution < 1.29 is 4.92 Å². The van der Waals surface area contributed by atoms with Gasteiger partial charge < -0.3 is 4.98 Å². The first-order valence-electron chi connectivity index (χ1n) is 5.99. The zero-order chi connectivity index (χ0) is 15.0. The first-order valence-corrected chi connectivity index (χ1v) is 7.18. The summed E-state index contributed by atoms with van der Waals surface area (Å²) in [6.45, 7) is 1.54. The molecule has 3 aromatic rings. The van der Waals surface area contributed by atoms with E-state index in [1.165, 1.54) is 0 Å². The Morgan fingerprint density at radius 1 is 1.33 bits per heavy atom. The van der Waals surface area contributed by atoms with Gasteiger partial charge >= 0.3 is 5.69 Å². The number of aromatic nitrogens is 3. The lowest BCUT2D eigenvalue weighted by Crippen LogP contribution is -2.00. The molecule has 3 rings (SSSR count). The number of hydrogen-bond acceptors (Lipinski definition) is 5. The van der Waals surface area contributed by atoms with Crippen LogP contribution in [0.2, 0.25) is 5.28 Å². The van der Waals surface area contributed by atoms with Gasteiger partial charge in [0.15, 0.2) is 5.03 Å². The van der Waals surface area contributed by atoms with E-state index in [2.05, 4.69) is 15.0 Å². The highest BCUT2D eigenvalue weighted by Crippen LogP contribution is 2.36. The van der Waals surface area contributed by atoms with E-state index in [1.54, 1.807) is 6.92 Å². The van der Waals surface area contributed by atoms with E-state index >= 15 is 0 Å². The lowest BCUT2D eigenvalue weighted by Gasteiger charge is -2.03. The Labute approximate surface area is 128 Å². The van der Waals surface area contributed by atoms with Gasteiger partial charge in [-0.05, 0) is 42.4 Å². The van der Waals surface area contributed by atoms with Crippen LogP contribution in [0.15, 0.2) is 40.4 Å². The fraction of sp³-hybridized carbons (Fsp3) is 0.0769. The second-order valence-corrected chi connectivity index (χ2v) is 5.68. The smallest absolute Gasteiger partial charge is 0.322 e. The average Bonchev–Trinajstić information content (AvgIpc) is 2.79. The lowest BCUT2D eigenvalue weighted by atomic mass is 10.3. The molecule has 0 amide bonds. The molecule has 1 aromatic carbocycles. The van der Waals surface area contributed by atoms with E-state index in [0.29, 0.717) is 0 Å². The van der Waals surface area contributed by atoms with Crippen molar-refractivity contribution in [2.45, 2.75) is 17.0 Å². The van der Waals surface area contributed by atoms with Gasteiger partial charge in [0.2, 0.25) is 5.28 Å². The van der Waals surface area contributed by atoms with Crippen molar-refractivity contribution in [1.29, 1.82) is 0 Å². The molecule has 0 atom stereocenters. The summed E-state index contributed by atoms with van der Waals surface area (Å²) in [5.41, 5.74) is 1.08. The zero-order valence-corrected chi connectivity index (χ0v) is 12.4. The van der Waals surface area contributed by atoms with Crippen LogP contribution >= 0.6 is 23.4 Å². The van der Waals surface area contributed by atoms with Crippen LogP contribution < -0.4 is 0 Å². The normalized spacial score (nSPS) is 11.0. The monoisotopic (exact) mass is 320 g/mol. The van der Waals surface area contributed by atoms with E-state index in [4.69, 9.17) is 11.6 Å². The predicted octanol–water partition coefficient (Wildman–Crippen LogP) is 3.98. The van der Waals surface area contributed by atoms with Gasteiger partial charge in [-0.1, -0.05) is 18.2 Å². The summed E-state index contributed by atoms with van der Waals surface area (Å²) < 4.78 is 0. The minimum Gasteiger partial charge on any atom is -0.349 e. The highest BCUT2D eigenvalue weighted by Gasteiger charge is 2.23. The number of fused-ring (bicyclic) bond motifs is 1. The third kappa shape index (κ3) is 2.70. The molecule has 2 heterocycles. The van der Waals surface area contributed by atoms with Crippen LogP contribution in [0.5, 0.6) is 0 Å². The number of nitrogens with zero attached hydrogens (tertiary/aromatic N) is 3. The average molecular weight is 321 g/mol. The maximum absolute atomic E-state index is 11.2. The third-order valence-electron chi connectivity index (χ3n) is 2.89. The van der Waals surface area contributed by atoms with Crippen LogP contribution in [0, 0.1) is 17.0 Å². The van der Waals surface area contributed by atoms with Crippen LogP contribution in [-0.4, -0.2) is 19.9 Å². The van der Waals surface area contributed by atoms with Crippen molar-refractivity contribution in [2.75, 3.05) is 0 Å². The van der Waals surface area contributed by atoms with Crippen molar-refractivity contribution in [3.63, 3.8) is 0 Å². The van der Waals surface area contributed by atoms with Crippen molar-refractivity contribution in [1.82, 2.24) is 15.0 Å². The molecule has 0 fully saturated rings. The third-order valence-corrected chi connectivity index (χ3v) is 3.98. The first-order chi connectivity index (χ1) is 10.0. The predicted molar refractivity (Wildman–Crippen MR) is 80.9 cm³/mol. The second kappa shape index (κ2) is 5.34. The number of rotatable bonds is 3. The number of nitrogens with one attached hydrogen (secondary N) is 1. The zero-order valence-electron chi connectivity index (χ0n) is 10.8. The first kappa shape index (κ1) is 13.8. The van der Waals surface area contributed by atoms with Crippen LogP contribution in [0.3, 0.4) is 0 Å². The van der Waals surface area contributed by atoms with E-state index in [1.807, 2.05) is 30.3 Å². The van der Waals surface area contributed by atoms with Gasteiger partial charge in [0, 0.05) is 10.9 Å². The largest absolute Gasteiger partial charge is 0.349 e. The number of aryl methyl sites for hydroxylation is 1. The minimum absolute atomic E-state index is 0.00305. The van der Waals surface area contributed by atoms with E-state index in [0.717, 1.165) is 27.7 Å². The molecule has 0 spiro atoms. The van der Waals surface area contributed by atoms with Crippen LogP contribution in [0.25, 0.3) is 10.9 Å². The summed E-state index contributed by atoms with van der Waals surface area (Å²) in [5.74, 6) is 0. The van der Waals surface area contributed by atoms with Gasteiger partial charge in [0.1, 0.15) is 5.69 Å². The van der Waals surface area contributed by atoms with Gasteiger partial charge in [-0.3, -0.25) is 10.1 Å². The van der Waals surface area contributed by atoms with Gasteiger partial charge in [-0.25, -0.2) is 9.97 Å². The van der Waals surface area contributed by atoms with Gasteiger partial charge in [0.25, 0.3) is 0 Å². The van der Waals surface area contributed by atoms with Crippen molar-refractivity contribution >= 4 is 40.0 Å². The quantitative estimate of drug-likeness (QED) is 0.341. The van der Waals surface area contributed by atoms with Crippen LogP contribution in [-0.2, 0) is 0 Å². The number of benzene rings is 1. The fourth-order valence-electron chi connectivity index (χ4n) is 2.00. The molecule has 0 bridgehead atoms. The second-order valence-electron chi connectivity index (χ2n) is 4.31. The summed E-state index contributed by atoms with van der Waals surface area (Å²) >= 11 is 6.97. The molecule has 2 aromatic heterocycles. The summed E-state index contributed by atoms with van der Waals surface area (Å²) in [4.78, 5) is 21.7. The molecule has 6 nitrogen and oxygen atoms in total. The standard InChI is InChI=1S/C13H9ClN4O2S/c1-7-11(18(19)20)12(17-13(14)15-7)21-10-6-8-4-2-3-5-9(8)16-10/h2-6,16H,1H3. The van der Waals surface area contributed by atoms with Gasteiger partial charge in [0.05, 0.1) is 9.95 Å². The summed E-state index contributed by atoms with van der Waals surface area (Å²) in [5, 5.41) is 13.2. The summed E-state index contributed by atoms with van der Waals surface area (Å²) in [6.07, 6.45) is 0. The fourth-order valence-corrected chi connectivity index (χ4v) is 3.26. The molecule has 0 aliphatic heterocycles. The molecule has 106 valence electrons. The van der Waals surface area contributed by atoms with E-state index in [-0.39, 0.29) is 21.7 Å².